The standard InChI is InChI=1S/C4H5ClO2.N/c1-2-3-7-4(5)6;/h2H,1,3H2;. The smallest absolute Gasteiger partial charge is 0.404 e. The molecule has 0 N–H and O–H groups in total. The molecule has 3 nitrogen and oxygen atoms in total. The van der Waals surface area contributed by atoms with E-state index < -0.39 is 5.43 Å². The third kappa shape index (κ3) is 9.07. The van der Waals surface area contributed by atoms with Gasteiger partial charge < -0.3 is 4.74 Å². The van der Waals surface area contributed by atoms with Crippen molar-refractivity contribution < 1.29 is 9.53 Å². The van der Waals surface area contributed by atoms with Gasteiger partial charge in [0.05, 0.1) is 0 Å². The molecule has 0 aromatic rings. The lowest BCUT2D eigenvalue weighted by Gasteiger charge is -1.88. The third-order valence-corrected chi connectivity index (χ3v) is 0.424. The molecule has 0 aliphatic heterocycles. The number of hydrogen-bond donors (Lipinski definition) is 0. The van der Waals surface area contributed by atoms with Gasteiger partial charge in [0.2, 0.25) is 0 Å². The van der Waals surface area contributed by atoms with Crippen LogP contribution in [-0.2, 0) is 4.74 Å². The summed E-state index contributed by atoms with van der Waals surface area (Å²) in [4.78, 5) is 9.70. The van der Waals surface area contributed by atoms with Crippen molar-refractivity contribution in [3.63, 3.8) is 0 Å². The van der Waals surface area contributed by atoms with E-state index in [1.54, 1.807) is 0 Å². The van der Waals surface area contributed by atoms with E-state index in [0.717, 1.165) is 0 Å². The average Bonchev–Trinajstić information content (AvgIpc) is 1.61. The van der Waals surface area contributed by atoms with E-state index >= 15 is 0 Å². The number of ether oxygens (including phenoxy) is 1. The van der Waals surface area contributed by atoms with E-state index in [0.29, 0.717) is 0 Å². The highest BCUT2D eigenvalue weighted by molar-refractivity contribution is 6.61. The number of carbonyl (C=O) groups is 1. The fraction of sp³-hybridized carbons (Fsp3) is 0.250. The van der Waals surface area contributed by atoms with Crippen molar-refractivity contribution in [3.05, 3.63) is 12.7 Å². The zero-order valence-electron chi connectivity index (χ0n) is 4.13. The maximum Gasteiger partial charge on any atom is 0.404 e. The largest absolute Gasteiger partial charge is 0.449 e. The van der Waals surface area contributed by atoms with Crippen LogP contribution in [0.1, 0.15) is 0 Å². The monoisotopic (exact) mass is 134 g/mol. The SMILES string of the molecule is C=CCOC(=O)Cl.[N]. The van der Waals surface area contributed by atoms with E-state index in [1.807, 2.05) is 0 Å². The second-order valence-corrected chi connectivity index (χ2v) is 1.15. The van der Waals surface area contributed by atoms with Crippen molar-refractivity contribution in [1.29, 1.82) is 0 Å². The molecule has 0 aliphatic rings. The lowest BCUT2D eigenvalue weighted by Crippen LogP contribution is -1.90. The highest BCUT2D eigenvalue weighted by Crippen LogP contribution is 1.84. The molecule has 45 valence electrons. The normalized spacial score (nSPS) is 6.62. The van der Waals surface area contributed by atoms with Crippen molar-refractivity contribution in [1.82, 2.24) is 6.15 Å². The zero-order valence-corrected chi connectivity index (χ0v) is 4.89. The van der Waals surface area contributed by atoms with Crippen LogP contribution in [0.2, 0.25) is 0 Å². The zero-order chi connectivity index (χ0) is 5.70. The topological polar surface area (TPSA) is 56.8 Å². The number of hydrogen-bond acceptors (Lipinski definition) is 2. The summed E-state index contributed by atoms with van der Waals surface area (Å²) in [7, 11) is 0. The Labute approximate surface area is 52.9 Å². The minimum absolute atomic E-state index is 0. The first-order valence-electron chi connectivity index (χ1n) is 1.70. The summed E-state index contributed by atoms with van der Waals surface area (Å²) in [6, 6.07) is 0. The number of halogens is 1. The molecule has 0 amide bonds. The molecule has 0 rings (SSSR count). The van der Waals surface area contributed by atoms with E-state index in [2.05, 4.69) is 11.3 Å². The van der Waals surface area contributed by atoms with E-state index in [1.165, 1.54) is 6.08 Å². The summed E-state index contributed by atoms with van der Waals surface area (Å²) in [5.41, 5.74) is -0.792. The average molecular weight is 135 g/mol. The second kappa shape index (κ2) is 6.46. The summed E-state index contributed by atoms with van der Waals surface area (Å²) in [5.74, 6) is 0. The number of carbonyl (C=O) groups excluding carboxylic acids is 1. The molecule has 0 spiro atoms. The maximum absolute atomic E-state index is 9.70. The van der Waals surface area contributed by atoms with Crippen LogP contribution >= 0.6 is 11.6 Å². The molecule has 0 atom stereocenters. The predicted molar refractivity (Wildman–Crippen MR) is 29.5 cm³/mol. The minimum Gasteiger partial charge on any atom is -0.449 e. The molecular weight excluding hydrogens is 130 g/mol. The summed E-state index contributed by atoms with van der Waals surface area (Å²) in [6.45, 7) is 3.48. The Kier molecular flexibility index (Phi) is 8.43. The Morgan fingerprint density at radius 2 is 2.38 bits per heavy atom. The maximum atomic E-state index is 9.70. The molecule has 0 unspecified atom stereocenters. The Hall–Kier alpha value is -0.540. The van der Waals surface area contributed by atoms with E-state index in [4.69, 9.17) is 11.6 Å². The Morgan fingerprint density at radius 1 is 1.88 bits per heavy atom. The quantitative estimate of drug-likeness (QED) is 0.419. The molecular formula is C4H5ClNO2. The predicted octanol–water partition coefficient (Wildman–Crippen LogP) is 1.07. The summed E-state index contributed by atoms with van der Waals surface area (Å²) in [6.07, 6.45) is 1.44. The van der Waals surface area contributed by atoms with Crippen LogP contribution < -0.4 is 6.15 Å². The van der Waals surface area contributed by atoms with Crippen LogP contribution in [0.3, 0.4) is 0 Å². The van der Waals surface area contributed by atoms with Gasteiger partial charge in [-0.1, -0.05) is 12.7 Å². The van der Waals surface area contributed by atoms with Crippen molar-refractivity contribution in [2.45, 2.75) is 0 Å². The fourth-order valence-electron chi connectivity index (χ4n) is 0.124. The first kappa shape index (κ1) is 10.4. The summed E-state index contributed by atoms with van der Waals surface area (Å²) >= 11 is 4.75. The molecule has 0 heterocycles. The molecule has 8 heavy (non-hydrogen) atoms. The first-order chi connectivity index (χ1) is 3.27. The molecule has 0 aromatic carbocycles. The van der Waals surface area contributed by atoms with E-state index in [-0.39, 0.29) is 12.8 Å². The van der Waals surface area contributed by atoms with Crippen molar-refractivity contribution >= 4 is 17.0 Å². The molecule has 4 heteroatoms. The van der Waals surface area contributed by atoms with Gasteiger partial charge in [-0.25, -0.2) is 4.79 Å². The third-order valence-electron chi connectivity index (χ3n) is 0.315. The van der Waals surface area contributed by atoms with Crippen molar-refractivity contribution in [2.75, 3.05) is 6.61 Å². The molecule has 0 saturated carbocycles. The molecule has 0 fully saturated rings. The van der Waals surface area contributed by atoms with Crippen LogP contribution in [0.5, 0.6) is 0 Å². The van der Waals surface area contributed by atoms with Crippen LogP contribution in [0.15, 0.2) is 12.7 Å². The van der Waals surface area contributed by atoms with Crippen molar-refractivity contribution in [2.24, 2.45) is 0 Å². The van der Waals surface area contributed by atoms with Crippen LogP contribution in [0, 0.1) is 0 Å². The van der Waals surface area contributed by atoms with Gasteiger partial charge in [-0.2, -0.15) is 0 Å². The molecule has 0 aromatic heterocycles. The lowest BCUT2D eigenvalue weighted by atomic mass is 10.7. The van der Waals surface area contributed by atoms with Gasteiger partial charge in [-0.3, -0.25) is 0 Å². The Bertz CT molecular complexity index is 84.1. The fourth-order valence-corrected chi connectivity index (χ4v) is 0.187. The van der Waals surface area contributed by atoms with Gasteiger partial charge in [0.1, 0.15) is 6.61 Å². The molecule has 0 aliphatic carbocycles. The second-order valence-electron chi connectivity index (χ2n) is 0.837. The Morgan fingerprint density at radius 3 is 2.50 bits per heavy atom. The van der Waals surface area contributed by atoms with Gasteiger partial charge in [-0.05, 0) is 0 Å². The Balaban J connectivity index is 0. The molecule has 0 saturated heterocycles. The lowest BCUT2D eigenvalue weighted by molar-refractivity contribution is 0.186. The van der Waals surface area contributed by atoms with Gasteiger partial charge >= 0.3 is 5.43 Å². The highest BCUT2D eigenvalue weighted by atomic mass is 35.5. The van der Waals surface area contributed by atoms with Gasteiger partial charge in [0, 0.05) is 17.8 Å². The minimum atomic E-state index is -0.792. The summed E-state index contributed by atoms with van der Waals surface area (Å²) < 4.78 is 4.20. The summed E-state index contributed by atoms with van der Waals surface area (Å²) in [5, 5.41) is 0. The molecule has 0 bridgehead atoms. The van der Waals surface area contributed by atoms with Crippen LogP contribution in [0.25, 0.3) is 0 Å². The van der Waals surface area contributed by atoms with Gasteiger partial charge in [-0.15, -0.1) is 0 Å². The molecule has 3 radical (unpaired) electrons. The number of nitrogens with zero attached hydrogens (tertiary/aromatic N) is 1. The van der Waals surface area contributed by atoms with Gasteiger partial charge in [0.15, 0.2) is 0 Å². The van der Waals surface area contributed by atoms with Crippen molar-refractivity contribution in [3.8, 4) is 0 Å². The number of rotatable bonds is 2. The van der Waals surface area contributed by atoms with Gasteiger partial charge in [0.25, 0.3) is 0 Å². The van der Waals surface area contributed by atoms with E-state index in [9.17, 15) is 4.79 Å². The van der Waals surface area contributed by atoms with Crippen LogP contribution in [-0.4, -0.2) is 12.0 Å². The first-order valence-corrected chi connectivity index (χ1v) is 2.08. The van der Waals surface area contributed by atoms with Crippen LogP contribution in [0.4, 0.5) is 4.79 Å². The highest BCUT2D eigenvalue weighted by Gasteiger charge is 1.87.